The molecule has 0 unspecified atom stereocenters. The first-order valence-electron chi connectivity index (χ1n) is 7.12. The Kier molecular flexibility index (Phi) is 4.67. The molecule has 1 aliphatic rings. The molecule has 0 aliphatic carbocycles. The van der Waals surface area contributed by atoms with Gasteiger partial charge in [0.25, 0.3) is 0 Å². The minimum absolute atomic E-state index is 0.691. The average molecular weight is 282 g/mol. The smallest absolute Gasteiger partial charge is 0.162 e. The molecule has 1 N–H and O–H groups in total. The molecule has 20 heavy (non-hydrogen) atoms. The van der Waals surface area contributed by atoms with E-state index in [0.29, 0.717) is 18.6 Å². The molecule has 0 amide bonds. The summed E-state index contributed by atoms with van der Waals surface area (Å²) in [5.41, 5.74) is -0.00402. The molecular weight excluding hydrogens is 256 g/mol. The van der Waals surface area contributed by atoms with Gasteiger partial charge in [-0.05, 0) is 34.0 Å². The van der Waals surface area contributed by atoms with E-state index in [-0.39, 0.29) is 0 Å². The van der Waals surface area contributed by atoms with Crippen molar-refractivity contribution in [1.29, 1.82) is 0 Å². The number of methoxy groups -OCH3 is 1. The second-order valence-corrected chi connectivity index (χ2v) is 5.92. The number of nitrogens with zero attached hydrogens (tertiary/aromatic N) is 4. The fourth-order valence-corrected chi connectivity index (χ4v) is 2.68. The Hall–Kier alpha value is -1.11. The van der Waals surface area contributed by atoms with Crippen molar-refractivity contribution in [3.63, 3.8) is 0 Å². The van der Waals surface area contributed by atoms with E-state index in [4.69, 9.17) is 4.74 Å². The number of hydrogen-bond donors (Lipinski definition) is 1. The fourth-order valence-electron chi connectivity index (χ4n) is 2.68. The number of likely N-dealkylation sites (tertiary alicyclic amines) is 1. The van der Waals surface area contributed by atoms with Crippen LogP contribution in [0.3, 0.4) is 0 Å². The molecule has 0 atom stereocenters. The first-order valence-corrected chi connectivity index (χ1v) is 7.12. The van der Waals surface area contributed by atoms with Crippen LogP contribution in [-0.4, -0.2) is 72.6 Å². The van der Waals surface area contributed by atoms with Crippen LogP contribution in [0.4, 0.5) is 0 Å². The first kappa shape index (κ1) is 15.3. The molecule has 1 aromatic heterocycles. The van der Waals surface area contributed by atoms with Gasteiger partial charge in [-0.1, -0.05) is 0 Å². The standard InChI is InChI=1S/C14H26N4O2/c1-16(2)9-10-18-13(12(20-4)11-15-18)14(19)5-7-17(3)8-6-14/h11,19H,5-10H2,1-4H3. The Balaban J connectivity index is 2.25. The van der Waals surface area contributed by atoms with Gasteiger partial charge in [0.1, 0.15) is 11.3 Å². The van der Waals surface area contributed by atoms with E-state index in [2.05, 4.69) is 21.9 Å². The van der Waals surface area contributed by atoms with Crippen LogP contribution >= 0.6 is 0 Å². The minimum Gasteiger partial charge on any atom is -0.493 e. The Morgan fingerprint density at radius 1 is 1.40 bits per heavy atom. The first-order chi connectivity index (χ1) is 9.46. The van der Waals surface area contributed by atoms with Crippen molar-refractivity contribution in [2.75, 3.05) is 47.9 Å². The monoisotopic (exact) mass is 282 g/mol. The topological polar surface area (TPSA) is 53.8 Å². The molecule has 1 saturated heterocycles. The molecule has 1 aromatic rings. The maximum absolute atomic E-state index is 11.0. The molecular formula is C14H26N4O2. The zero-order valence-electron chi connectivity index (χ0n) is 13.0. The lowest BCUT2D eigenvalue weighted by Crippen LogP contribution is -2.42. The fraction of sp³-hybridized carbons (Fsp3) is 0.786. The largest absolute Gasteiger partial charge is 0.493 e. The number of piperidine rings is 1. The highest BCUT2D eigenvalue weighted by Crippen LogP contribution is 2.37. The molecule has 1 aliphatic heterocycles. The second kappa shape index (κ2) is 6.11. The van der Waals surface area contributed by atoms with Crippen LogP contribution in [-0.2, 0) is 12.1 Å². The van der Waals surface area contributed by atoms with E-state index >= 15 is 0 Å². The van der Waals surface area contributed by atoms with Gasteiger partial charge in [0.05, 0.1) is 19.9 Å². The number of aliphatic hydroxyl groups is 1. The zero-order valence-corrected chi connectivity index (χ0v) is 13.0. The zero-order chi connectivity index (χ0) is 14.8. The van der Waals surface area contributed by atoms with Gasteiger partial charge in [-0.25, -0.2) is 0 Å². The SMILES string of the molecule is COc1cnn(CCN(C)C)c1C1(O)CCN(C)CC1. The summed E-state index contributed by atoms with van der Waals surface area (Å²) in [4.78, 5) is 4.35. The van der Waals surface area contributed by atoms with Crippen molar-refractivity contribution in [2.45, 2.75) is 25.0 Å². The third kappa shape index (κ3) is 3.13. The highest BCUT2D eigenvalue weighted by atomic mass is 16.5. The van der Waals surface area contributed by atoms with Crippen molar-refractivity contribution < 1.29 is 9.84 Å². The van der Waals surface area contributed by atoms with Gasteiger partial charge in [0, 0.05) is 19.6 Å². The van der Waals surface area contributed by atoms with Gasteiger partial charge in [0.15, 0.2) is 5.75 Å². The summed E-state index contributed by atoms with van der Waals surface area (Å²) in [6.07, 6.45) is 3.14. The van der Waals surface area contributed by atoms with E-state index in [1.807, 2.05) is 18.8 Å². The van der Waals surface area contributed by atoms with Crippen molar-refractivity contribution in [2.24, 2.45) is 0 Å². The third-order valence-electron chi connectivity index (χ3n) is 4.04. The summed E-state index contributed by atoms with van der Waals surface area (Å²) in [6, 6.07) is 0. The minimum atomic E-state index is -0.833. The maximum Gasteiger partial charge on any atom is 0.162 e. The summed E-state index contributed by atoms with van der Waals surface area (Å²) in [5, 5.41) is 15.4. The Morgan fingerprint density at radius 2 is 2.05 bits per heavy atom. The van der Waals surface area contributed by atoms with Crippen LogP contribution in [0.25, 0.3) is 0 Å². The van der Waals surface area contributed by atoms with Crippen LogP contribution in [0.2, 0.25) is 0 Å². The van der Waals surface area contributed by atoms with Crippen LogP contribution in [0.15, 0.2) is 6.20 Å². The molecule has 0 aromatic carbocycles. The van der Waals surface area contributed by atoms with Crippen LogP contribution in [0.1, 0.15) is 18.5 Å². The molecule has 114 valence electrons. The third-order valence-corrected chi connectivity index (χ3v) is 4.04. The lowest BCUT2D eigenvalue weighted by Gasteiger charge is -2.37. The second-order valence-electron chi connectivity index (χ2n) is 5.92. The van der Waals surface area contributed by atoms with Crippen molar-refractivity contribution in [3.05, 3.63) is 11.9 Å². The predicted octanol–water partition coefficient (Wildman–Crippen LogP) is 0.367. The summed E-state index contributed by atoms with van der Waals surface area (Å²) < 4.78 is 7.30. The number of likely N-dealkylation sites (N-methyl/N-ethyl adjacent to an activating group) is 1. The number of aromatic nitrogens is 2. The summed E-state index contributed by atoms with van der Waals surface area (Å²) >= 11 is 0. The highest BCUT2D eigenvalue weighted by molar-refractivity contribution is 5.31. The molecule has 2 rings (SSSR count). The van der Waals surface area contributed by atoms with Crippen molar-refractivity contribution in [3.8, 4) is 5.75 Å². The summed E-state index contributed by atoms with van der Waals surface area (Å²) in [7, 11) is 7.78. The van der Waals surface area contributed by atoms with Gasteiger partial charge in [-0.2, -0.15) is 5.10 Å². The van der Waals surface area contributed by atoms with Crippen molar-refractivity contribution >= 4 is 0 Å². The molecule has 0 bridgehead atoms. The Morgan fingerprint density at radius 3 is 2.60 bits per heavy atom. The lowest BCUT2D eigenvalue weighted by atomic mass is 9.88. The number of ether oxygens (including phenoxy) is 1. The molecule has 0 radical (unpaired) electrons. The van der Waals surface area contributed by atoms with E-state index < -0.39 is 5.60 Å². The van der Waals surface area contributed by atoms with Crippen LogP contribution in [0.5, 0.6) is 5.75 Å². The van der Waals surface area contributed by atoms with Gasteiger partial charge in [-0.3, -0.25) is 4.68 Å². The van der Waals surface area contributed by atoms with Crippen LogP contribution < -0.4 is 4.74 Å². The lowest BCUT2D eigenvalue weighted by molar-refractivity contribution is -0.0292. The highest BCUT2D eigenvalue weighted by Gasteiger charge is 2.38. The van der Waals surface area contributed by atoms with Gasteiger partial charge in [0.2, 0.25) is 0 Å². The molecule has 6 heteroatoms. The number of rotatable bonds is 5. The summed E-state index contributed by atoms with van der Waals surface area (Å²) in [5.74, 6) is 0.691. The predicted molar refractivity (Wildman–Crippen MR) is 78.0 cm³/mol. The quantitative estimate of drug-likeness (QED) is 0.845. The van der Waals surface area contributed by atoms with Crippen LogP contribution in [0, 0.1) is 0 Å². The molecule has 0 spiro atoms. The van der Waals surface area contributed by atoms with E-state index in [1.165, 1.54) is 0 Å². The number of hydrogen-bond acceptors (Lipinski definition) is 5. The maximum atomic E-state index is 11.0. The normalized spacial score (nSPS) is 19.5. The molecule has 6 nitrogen and oxygen atoms in total. The van der Waals surface area contributed by atoms with E-state index in [0.717, 1.165) is 31.9 Å². The van der Waals surface area contributed by atoms with Gasteiger partial charge < -0.3 is 19.6 Å². The molecule has 0 saturated carbocycles. The van der Waals surface area contributed by atoms with E-state index in [9.17, 15) is 5.11 Å². The Labute approximate surface area is 120 Å². The van der Waals surface area contributed by atoms with Crippen molar-refractivity contribution in [1.82, 2.24) is 19.6 Å². The van der Waals surface area contributed by atoms with Gasteiger partial charge in [-0.15, -0.1) is 0 Å². The molecule has 1 fully saturated rings. The average Bonchev–Trinajstić information content (AvgIpc) is 2.84. The Bertz CT molecular complexity index is 436. The van der Waals surface area contributed by atoms with E-state index in [1.54, 1.807) is 13.3 Å². The summed E-state index contributed by atoms with van der Waals surface area (Å²) in [6.45, 7) is 3.41. The van der Waals surface area contributed by atoms with Gasteiger partial charge >= 0.3 is 0 Å². The molecule has 2 heterocycles.